The Bertz CT molecular complexity index is 441. The van der Waals surface area contributed by atoms with Crippen LogP contribution >= 0.6 is 27.7 Å². The zero-order chi connectivity index (χ0) is 12.9. The van der Waals surface area contributed by atoms with Crippen LogP contribution in [0.5, 0.6) is 0 Å². The normalized spacial score (nSPS) is 11.9. The summed E-state index contributed by atoms with van der Waals surface area (Å²) in [4.78, 5) is 0. The van der Waals surface area contributed by atoms with Crippen molar-refractivity contribution in [2.75, 3.05) is 18.6 Å². The van der Waals surface area contributed by atoms with Gasteiger partial charge in [0.05, 0.1) is 0 Å². The number of sulfonamides is 1. The van der Waals surface area contributed by atoms with Gasteiger partial charge in [-0.05, 0) is 40.8 Å². The van der Waals surface area contributed by atoms with Gasteiger partial charge in [0.25, 0.3) is 10.0 Å². The topological polar surface area (TPSA) is 76.9 Å². The van der Waals surface area contributed by atoms with Gasteiger partial charge in [-0.15, -0.1) is 5.10 Å². The lowest BCUT2D eigenvalue weighted by Crippen LogP contribution is -2.27. The summed E-state index contributed by atoms with van der Waals surface area (Å²) in [6.07, 6.45) is 3.85. The van der Waals surface area contributed by atoms with Crippen LogP contribution in [0.1, 0.15) is 12.8 Å². The second kappa shape index (κ2) is 6.72. The maximum absolute atomic E-state index is 11.9. The van der Waals surface area contributed by atoms with Crippen molar-refractivity contribution < 1.29 is 8.42 Å². The van der Waals surface area contributed by atoms with Crippen molar-refractivity contribution in [3.05, 3.63) is 4.60 Å². The molecule has 1 N–H and O–H groups in total. The number of unbranched alkanes of at least 4 members (excludes halogenated alkanes) is 1. The monoisotopic (exact) mass is 342 g/mol. The SMILES string of the molecule is CSCCCCNS(=O)(=O)c1c(Br)nnn1C. The summed E-state index contributed by atoms with van der Waals surface area (Å²) in [5, 5.41) is 7.34. The predicted molar refractivity (Wildman–Crippen MR) is 71.5 cm³/mol. The van der Waals surface area contributed by atoms with Gasteiger partial charge in [0, 0.05) is 13.6 Å². The number of halogens is 1. The Morgan fingerprint density at radius 1 is 1.47 bits per heavy atom. The van der Waals surface area contributed by atoms with Crippen molar-refractivity contribution in [1.82, 2.24) is 19.7 Å². The van der Waals surface area contributed by atoms with Crippen LogP contribution in [0.2, 0.25) is 0 Å². The fourth-order valence-corrected chi connectivity index (χ4v) is 3.91. The van der Waals surface area contributed by atoms with Crippen molar-refractivity contribution in [2.24, 2.45) is 7.05 Å². The minimum absolute atomic E-state index is 0.0577. The molecule has 0 fully saturated rings. The van der Waals surface area contributed by atoms with Crippen LogP contribution in [-0.4, -0.2) is 42.0 Å². The lowest BCUT2D eigenvalue weighted by molar-refractivity contribution is 0.558. The van der Waals surface area contributed by atoms with Gasteiger partial charge in [-0.25, -0.2) is 17.8 Å². The lowest BCUT2D eigenvalue weighted by Gasteiger charge is -2.06. The van der Waals surface area contributed by atoms with Gasteiger partial charge < -0.3 is 0 Å². The van der Waals surface area contributed by atoms with E-state index in [-0.39, 0.29) is 9.63 Å². The molecule has 0 radical (unpaired) electrons. The number of thioether (sulfide) groups is 1. The van der Waals surface area contributed by atoms with Crippen LogP contribution in [0.3, 0.4) is 0 Å². The van der Waals surface area contributed by atoms with Crippen LogP contribution in [0, 0.1) is 0 Å². The molecule has 98 valence electrons. The van der Waals surface area contributed by atoms with Crippen LogP contribution in [0.4, 0.5) is 0 Å². The molecule has 1 rings (SSSR count). The van der Waals surface area contributed by atoms with Crippen molar-refractivity contribution in [2.45, 2.75) is 17.9 Å². The average Bonchev–Trinajstić information content (AvgIpc) is 2.58. The van der Waals surface area contributed by atoms with E-state index in [9.17, 15) is 8.42 Å². The van der Waals surface area contributed by atoms with Gasteiger partial charge in [-0.2, -0.15) is 11.8 Å². The maximum Gasteiger partial charge on any atom is 0.260 e. The Labute approximate surface area is 114 Å². The first kappa shape index (κ1) is 14.9. The van der Waals surface area contributed by atoms with Crippen molar-refractivity contribution in [3.63, 3.8) is 0 Å². The molecule has 1 aromatic rings. The van der Waals surface area contributed by atoms with Gasteiger partial charge in [0.15, 0.2) is 4.60 Å². The van der Waals surface area contributed by atoms with Gasteiger partial charge in [0.1, 0.15) is 0 Å². The minimum Gasteiger partial charge on any atom is -0.235 e. The molecule has 0 saturated heterocycles. The molecule has 0 aliphatic heterocycles. The molecular formula is C8H15BrN4O2S2. The quantitative estimate of drug-likeness (QED) is 0.748. The molecule has 0 amide bonds. The van der Waals surface area contributed by atoms with Gasteiger partial charge in [-0.1, -0.05) is 5.21 Å². The fourth-order valence-electron chi connectivity index (χ4n) is 1.25. The van der Waals surface area contributed by atoms with E-state index in [1.165, 1.54) is 4.68 Å². The van der Waals surface area contributed by atoms with Crippen molar-refractivity contribution >= 4 is 37.7 Å². The van der Waals surface area contributed by atoms with Gasteiger partial charge >= 0.3 is 0 Å². The largest absolute Gasteiger partial charge is 0.260 e. The number of nitrogens with zero attached hydrogens (tertiary/aromatic N) is 3. The maximum atomic E-state index is 11.9. The first-order valence-electron chi connectivity index (χ1n) is 5.03. The fraction of sp³-hybridized carbons (Fsp3) is 0.750. The molecule has 0 atom stereocenters. The zero-order valence-electron chi connectivity index (χ0n) is 9.68. The van der Waals surface area contributed by atoms with Gasteiger partial charge in [-0.3, -0.25) is 0 Å². The summed E-state index contributed by atoms with van der Waals surface area (Å²) in [5.74, 6) is 1.04. The lowest BCUT2D eigenvalue weighted by atomic mass is 10.3. The molecule has 17 heavy (non-hydrogen) atoms. The summed E-state index contributed by atoms with van der Waals surface area (Å²) >= 11 is 4.82. The highest BCUT2D eigenvalue weighted by Gasteiger charge is 2.22. The highest BCUT2D eigenvalue weighted by atomic mass is 79.9. The molecule has 0 aliphatic rings. The first-order chi connectivity index (χ1) is 7.99. The van der Waals surface area contributed by atoms with E-state index < -0.39 is 10.0 Å². The first-order valence-corrected chi connectivity index (χ1v) is 8.70. The number of nitrogens with one attached hydrogen (secondary N) is 1. The second-order valence-corrected chi connectivity index (χ2v) is 6.83. The molecule has 0 aliphatic carbocycles. The van der Waals surface area contributed by atoms with Crippen LogP contribution in [-0.2, 0) is 17.1 Å². The minimum atomic E-state index is -3.53. The summed E-state index contributed by atoms with van der Waals surface area (Å²) in [6.45, 7) is 0.431. The number of aryl methyl sites for hydroxylation is 1. The third-order valence-corrected chi connectivity index (χ3v) is 5.10. The van der Waals surface area contributed by atoms with Crippen LogP contribution in [0.15, 0.2) is 9.63 Å². The van der Waals surface area contributed by atoms with E-state index in [2.05, 4.69) is 31.0 Å². The van der Waals surface area contributed by atoms with Crippen molar-refractivity contribution in [3.8, 4) is 0 Å². The summed E-state index contributed by atoms with van der Waals surface area (Å²) in [7, 11) is -1.99. The highest BCUT2D eigenvalue weighted by Crippen LogP contribution is 2.17. The average molecular weight is 343 g/mol. The van der Waals surface area contributed by atoms with E-state index >= 15 is 0 Å². The molecule has 0 bridgehead atoms. The molecular weight excluding hydrogens is 328 g/mol. The smallest absolute Gasteiger partial charge is 0.235 e. The molecule has 1 heterocycles. The zero-order valence-corrected chi connectivity index (χ0v) is 12.9. The third kappa shape index (κ3) is 4.23. The number of hydrogen-bond acceptors (Lipinski definition) is 5. The number of hydrogen-bond donors (Lipinski definition) is 1. The van der Waals surface area contributed by atoms with Crippen LogP contribution in [0.25, 0.3) is 0 Å². The summed E-state index contributed by atoms with van der Waals surface area (Å²) in [6, 6.07) is 0. The second-order valence-electron chi connectivity index (χ2n) is 3.41. The predicted octanol–water partition coefficient (Wildman–Crippen LogP) is 0.999. The molecule has 0 saturated carbocycles. The molecule has 6 nitrogen and oxygen atoms in total. The van der Waals surface area contributed by atoms with E-state index in [1.54, 1.807) is 18.8 Å². The third-order valence-electron chi connectivity index (χ3n) is 2.06. The standard InChI is InChI=1S/C8H15BrN4O2S2/c1-13-8(7(9)11-12-13)17(14,15)10-5-3-4-6-16-2/h10H,3-6H2,1-2H3. The molecule has 9 heteroatoms. The Morgan fingerprint density at radius 2 is 2.18 bits per heavy atom. The number of rotatable bonds is 7. The van der Waals surface area contributed by atoms with E-state index in [0.717, 1.165) is 18.6 Å². The molecule has 1 aromatic heterocycles. The highest BCUT2D eigenvalue weighted by molar-refractivity contribution is 9.10. The molecule has 0 spiro atoms. The molecule has 0 unspecified atom stereocenters. The van der Waals surface area contributed by atoms with Crippen LogP contribution < -0.4 is 4.72 Å². The van der Waals surface area contributed by atoms with Crippen molar-refractivity contribution in [1.29, 1.82) is 0 Å². The molecule has 0 aromatic carbocycles. The Morgan fingerprint density at radius 3 is 2.71 bits per heavy atom. The van der Waals surface area contributed by atoms with E-state index in [0.29, 0.717) is 6.54 Å². The Hall–Kier alpha value is -0.120. The Kier molecular flexibility index (Phi) is 5.90. The number of aromatic nitrogens is 3. The van der Waals surface area contributed by atoms with Gasteiger partial charge in [0.2, 0.25) is 5.03 Å². The summed E-state index contributed by atoms with van der Waals surface area (Å²) < 4.78 is 27.8. The van der Waals surface area contributed by atoms with E-state index in [1.807, 2.05) is 6.26 Å². The Balaban J connectivity index is 2.58. The summed E-state index contributed by atoms with van der Waals surface area (Å²) in [5.41, 5.74) is 0. The van der Waals surface area contributed by atoms with E-state index in [4.69, 9.17) is 0 Å².